The number of hydrogen-bond acceptors (Lipinski definition) is 4. The van der Waals surface area contributed by atoms with Crippen LogP contribution in [0.4, 0.5) is 0 Å². The lowest BCUT2D eigenvalue weighted by Crippen LogP contribution is -2.29. The molecule has 2 rings (SSSR count). The van der Waals surface area contributed by atoms with E-state index in [-0.39, 0.29) is 6.04 Å². The monoisotopic (exact) mass is 257 g/mol. The summed E-state index contributed by atoms with van der Waals surface area (Å²) in [6.07, 6.45) is 1.80. The van der Waals surface area contributed by atoms with E-state index < -0.39 is 0 Å². The number of hydrazine groups is 1. The van der Waals surface area contributed by atoms with Gasteiger partial charge in [-0.15, -0.1) is 0 Å². The van der Waals surface area contributed by atoms with Crippen LogP contribution in [0.2, 0.25) is 0 Å². The van der Waals surface area contributed by atoms with E-state index in [1.807, 2.05) is 50.2 Å². The number of nitrogens with two attached hydrogens (primary N) is 1. The van der Waals surface area contributed by atoms with Crippen molar-refractivity contribution in [2.24, 2.45) is 5.84 Å². The van der Waals surface area contributed by atoms with Crippen molar-refractivity contribution in [3.05, 3.63) is 59.4 Å². The van der Waals surface area contributed by atoms with E-state index in [9.17, 15) is 0 Å². The maximum atomic E-state index is 5.66. The highest BCUT2D eigenvalue weighted by atomic mass is 16.5. The van der Waals surface area contributed by atoms with E-state index in [0.717, 1.165) is 22.6 Å². The Balaban J connectivity index is 2.26. The first-order valence-corrected chi connectivity index (χ1v) is 6.36. The fourth-order valence-electron chi connectivity index (χ4n) is 1.99. The summed E-state index contributed by atoms with van der Waals surface area (Å²) in [6, 6.07) is 11.8. The molecule has 0 saturated heterocycles. The number of ether oxygens (including phenoxy) is 1. The molecule has 1 unspecified atom stereocenters. The fraction of sp³-hybridized carbons (Fsp3) is 0.267. The largest absolute Gasteiger partial charge is 0.494 e. The second kappa shape index (κ2) is 6.31. The lowest BCUT2D eigenvalue weighted by molar-refractivity contribution is 0.340. The lowest BCUT2D eigenvalue weighted by Gasteiger charge is -2.16. The summed E-state index contributed by atoms with van der Waals surface area (Å²) in [5, 5.41) is 0. The van der Waals surface area contributed by atoms with Crippen LogP contribution in [-0.2, 0) is 0 Å². The van der Waals surface area contributed by atoms with Crippen LogP contribution in [0, 0.1) is 6.92 Å². The van der Waals surface area contributed by atoms with Crippen molar-refractivity contribution in [2.75, 3.05) is 6.61 Å². The van der Waals surface area contributed by atoms with Gasteiger partial charge in [0.2, 0.25) is 0 Å². The van der Waals surface area contributed by atoms with Gasteiger partial charge in [-0.05, 0) is 49.2 Å². The first kappa shape index (κ1) is 13.5. The topological polar surface area (TPSA) is 60.2 Å². The third kappa shape index (κ3) is 3.30. The van der Waals surface area contributed by atoms with E-state index in [4.69, 9.17) is 10.6 Å². The van der Waals surface area contributed by atoms with E-state index in [2.05, 4.69) is 10.4 Å². The fourth-order valence-corrected chi connectivity index (χ4v) is 1.99. The number of nitrogens with one attached hydrogen (secondary N) is 1. The van der Waals surface area contributed by atoms with Crippen molar-refractivity contribution in [2.45, 2.75) is 19.9 Å². The van der Waals surface area contributed by atoms with Gasteiger partial charge in [-0.1, -0.05) is 12.1 Å². The van der Waals surface area contributed by atoms with Crippen LogP contribution < -0.4 is 16.0 Å². The first-order valence-electron chi connectivity index (χ1n) is 6.36. The van der Waals surface area contributed by atoms with E-state index in [1.54, 1.807) is 6.20 Å². The summed E-state index contributed by atoms with van der Waals surface area (Å²) in [7, 11) is 0. The van der Waals surface area contributed by atoms with E-state index in [0.29, 0.717) is 6.61 Å². The normalized spacial score (nSPS) is 12.2. The van der Waals surface area contributed by atoms with Crippen LogP contribution in [0.5, 0.6) is 5.75 Å². The molecule has 4 heteroatoms. The molecule has 1 aromatic carbocycles. The van der Waals surface area contributed by atoms with Crippen LogP contribution in [0.25, 0.3) is 0 Å². The van der Waals surface area contributed by atoms with Gasteiger partial charge in [-0.25, -0.2) is 5.43 Å². The zero-order chi connectivity index (χ0) is 13.7. The molecule has 0 saturated carbocycles. The predicted octanol–water partition coefficient (Wildman–Crippen LogP) is 2.34. The van der Waals surface area contributed by atoms with Crippen molar-refractivity contribution in [1.29, 1.82) is 0 Å². The molecule has 1 aromatic heterocycles. The molecule has 4 nitrogen and oxygen atoms in total. The first-order chi connectivity index (χ1) is 9.24. The molecule has 0 spiro atoms. The van der Waals surface area contributed by atoms with Gasteiger partial charge in [0.05, 0.1) is 18.3 Å². The molecule has 0 aliphatic heterocycles. The quantitative estimate of drug-likeness (QED) is 0.637. The van der Waals surface area contributed by atoms with E-state index >= 15 is 0 Å². The van der Waals surface area contributed by atoms with Crippen LogP contribution in [0.1, 0.15) is 29.8 Å². The van der Waals surface area contributed by atoms with Crippen molar-refractivity contribution >= 4 is 0 Å². The van der Waals surface area contributed by atoms with Crippen LogP contribution in [-0.4, -0.2) is 11.6 Å². The van der Waals surface area contributed by atoms with Crippen molar-refractivity contribution in [3.63, 3.8) is 0 Å². The Kier molecular flexibility index (Phi) is 4.49. The molecule has 0 fully saturated rings. The Labute approximate surface area is 113 Å². The molecule has 0 bridgehead atoms. The Bertz CT molecular complexity index is 525. The summed E-state index contributed by atoms with van der Waals surface area (Å²) in [5.41, 5.74) is 5.94. The number of rotatable bonds is 5. The molecule has 0 aliphatic carbocycles. The minimum Gasteiger partial charge on any atom is -0.494 e. The zero-order valence-electron chi connectivity index (χ0n) is 11.3. The standard InChI is InChI=1S/C15H19N3O/c1-3-19-13-6-4-12(5-7-13)15(18-16)14-10-11(2)8-9-17-14/h4-10,15,18H,3,16H2,1-2H3. The number of aryl methyl sites for hydroxylation is 1. The molecule has 1 atom stereocenters. The second-order valence-corrected chi connectivity index (χ2v) is 4.36. The van der Waals surface area contributed by atoms with Gasteiger partial charge in [-0.3, -0.25) is 10.8 Å². The van der Waals surface area contributed by atoms with E-state index in [1.165, 1.54) is 0 Å². The third-order valence-corrected chi connectivity index (χ3v) is 2.92. The molecule has 0 amide bonds. The molecule has 2 aromatic rings. The highest BCUT2D eigenvalue weighted by Crippen LogP contribution is 2.22. The second-order valence-electron chi connectivity index (χ2n) is 4.36. The molecule has 3 N–H and O–H groups in total. The highest BCUT2D eigenvalue weighted by molar-refractivity contribution is 5.34. The minimum absolute atomic E-state index is 0.115. The zero-order valence-corrected chi connectivity index (χ0v) is 11.3. The molecule has 0 aliphatic rings. The average Bonchev–Trinajstić information content (AvgIpc) is 2.42. The Morgan fingerprint density at radius 2 is 2.00 bits per heavy atom. The van der Waals surface area contributed by atoms with Crippen molar-refractivity contribution in [3.8, 4) is 5.75 Å². The summed E-state index contributed by atoms with van der Waals surface area (Å²) in [4.78, 5) is 4.37. The molecular weight excluding hydrogens is 238 g/mol. The van der Waals surface area contributed by atoms with Crippen molar-refractivity contribution in [1.82, 2.24) is 10.4 Å². The van der Waals surface area contributed by atoms with Gasteiger partial charge in [0.1, 0.15) is 5.75 Å². The number of pyridine rings is 1. The average molecular weight is 257 g/mol. The van der Waals surface area contributed by atoms with Gasteiger partial charge in [0.15, 0.2) is 0 Å². The number of benzene rings is 1. The van der Waals surface area contributed by atoms with Crippen LogP contribution in [0.15, 0.2) is 42.6 Å². The summed E-state index contributed by atoms with van der Waals surface area (Å²) >= 11 is 0. The third-order valence-electron chi connectivity index (χ3n) is 2.92. The summed E-state index contributed by atoms with van der Waals surface area (Å²) in [6.45, 7) is 4.67. The van der Waals surface area contributed by atoms with Crippen molar-refractivity contribution < 1.29 is 4.74 Å². The molecular formula is C15H19N3O. The Hall–Kier alpha value is -1.91. The summed E-state index contributed by atoms with van der Waals surface area (Å²) in [5.74, 6) is 6.52. The van der Waals surface area contributed by atoms with Gasteiger partial charge < -0.3 is 4.74 Å². The predicted molar refractivity (Wildman–Crippen MR) is 75.8 cm³/mol. The Morgan fingerprint density at radius 1 is 1.26 bits per heavy atom. The number of aromatic nitrogens is 1. The minimum atomic E-state index is -0.115. The van der Waals surface area contributed by atoms with Crippen LogP contribution >= 0.6 is 0 Å². The van der Waals surface area contributed by atoms with Crippen LogP contribution in [0.3, 0.4) is 0 Å². The summed E-state index contributed by atoms with van der Waals surface area (Å²) < 4.78 is 5.43. The smallest absolute Gasteiger partial charge is 0.119 e. The molecule has 100 valence electrons. The Morgan fingerprint density at radius 3 is 2.58 bits per heavy atom. The van der Waals surface area contributed by atoms with Gasteiger partial charge in [-0.2, -0.15) is 0 Å². The maximum Gasteiger partial charge on any atom is 0.119 e. The number of hydrogen-bond donors (Lipinski definition) is 2. The molecule has 19 heavy (non-hydrogen) atoms. The highest BCUT2D eigenvalue weighted by Gasteiger charge is 2.13. The SMILES string of the molecule is CCOc1ccc(C(NN)c2cc(C)ccn2)cc1. The maximum absolute atomic E-state index is 5.66. The van der Waals surface area contributed by atoms with Gasteiger partial charge in [0.25, 0.3) is 0 Å². The van der Waals surface area contributed by atoms with Gasteiger partial charge in [0, 0.05) is 6.20 Å². The molecule has 1 heterocycles. The number of nitrogens with zero attached hydrogens (tertiary/aromatic N) is 1. The lowest BCUT2D eigenvalue weighted by atomic mass is 10.0. The molecule has 0 radical (unpaired) electrons. The van der Waals surface area contributed by atoms with Gasteiger partial charge >= 0.3 is 0 Å².